The Labute approximate surface area is 89.7 Å². The third-order valence-electron chi connectivity index (χ3n) is 1.48. The van der Waals surface area contributed by atoms with Crippen molar-refractivity contribution in [2.75, 3.05) is 12.0 Å². The van der Waals surface area contributed by atoms with Crippen LogP contribution in [0.3, 0.4) is 0 Å². The number of nitrogen functional groups attached to an aromatic ring is 1. The Bertz CT molecular complexity index is 498. The average Bonchev–Trinajstić information content (AvgIpc) is 1.99. The summed E-state index contributed by atoms with van der Waals surface area (Å²) in [6.07, 6.45) is 1.05. The second kappa shape index (κ2) is 4.25. The highest BCUT2D eigenvalue weighted by Gasteiger charge is 2.07. The Morgan fingerprint density at radius 2 is 2.13 bits per heavy atom. The van der Waals surface area contributed by atoms with Crippen LogP contribution in [0.25, 0.3) is 0 Å². The number of rotatable bonds is 3. The first-order valence-electron chi connectivity index (χ1n) is 3.81. The van der Waals surface area contributed by atoms with Crippen molar-refractivity contribution in [3.05, 3.63) is 17.7 Å². The largest absolute Gasteiger partial charge is 0.767 e. The van der Waals surface area contributed by atoms with Gasteiger partial charge in [-0.05, 0) is 28.8 Å². The van der Waals surface area contributed by atoms with Crippen LogP contribution >= 0.6 is 0 Å². The van der Waals surface area contributed by atoms with Crippen LogP contribution in [0.2, 0.25) is 0 Å². The molecule has 2 N–H and O–H groups in total. The second-order valence-corrected chi connectivity index (χ2v) is 6.07. The van der Waals surface area contributed by atoms with E-state index in [0.717, 1.165) is 6.26 Å². The smallest absolute Gasteiger partial charge is 0.151 e. The van der Waals surface area contributed by atoms with Crippen LogP contribution < -0.4 is 5.73 Å². The van der Waals surface area contributed by atoms with Crippen LogP contribution in [-0.4, -0.2) is 28.4 Å². The van der Waals surface area contributed by atoms with Gasteiger partial charge in [0.1, 0.15) is 10.8 Å². The third kappa shape index (κ3) is 3.94. The maximum absolute atomic E-state index is 11.0. The number of pyridine rings is 1. The van der Waals surface area contributed by atoms with Crippen LogP contribution in [0, 0.1) is 0 Å². The standard InChI is InChI=1S/C7H10N2O4S2/c1-15(12,13)4-5-2-6(8)9-7(3-5)14(10)11/h2-3H,4H2,1H3,(H2,8,9)(H,10,11)/p-1. The second-order valence-electron chi connectivity index (χ2n) is 3.04. The van der Waals surface area contributed by atoms with Gasteiger partial charge in [0.25, 0.3) is 0 Å². The minimum Gasteiger partial charge on any atom is -0.767 e. The molecule has 15 heavy (non-hydrogen) atoms. The van der Waals surface area contributed by atoms with Crippen LogP contribution in [0.15, 0.2) is 17.2 Å². The number of aromatic nitrogens is 1. The third-order valence-corrected chi connectivity index (χ3v) is 2.89. The summed E-state index contributed by atoms with van der Waals surface area (Å²) in [6.45, 7) is 0. The molecule has 0 aliphatic heterocycles. The van der Waals surface area contributed by atoms with Crippen molar-refractivity contribution >= 4 is 26.7 Å². The first kappa shape index (κ1) is 12.1. The van der Waals surface area contributed by atoms with E-state index in [1.165, 1.54) is 12.1 Å². The van der Waals surface area contributed by atoms with E-state index in [1.807, 2.05) is 0 Å². The molecule has 6 nitrogen and oxygen atoms in total. The predicted molar refractivity (Wildman–Crippen MR) is 54.4 cm³/mol. The van der Waals surface area contributed by atoms with E-state index in [0.29, 0.717) is 5.56 Å². The van der Waals surface area contributed by atoms with Gasteiger partial charge in [-0.15, -0.1) is 0 Å². The molecule has 0 fully saturated rings. The molecular weight excluding hydrogens is 240 g/mol. The molecule has 0 spiro atoms. The molecule has 0 saturated carbocycles. The number of nitrogens with two attached hydrogens (primary N) is 1. The van der Waals surface area contributed by atoms with Crippen molar-refractivity contribution in [1.82, 2.24) is 4.98 Å². The van der Waals surface area contributed by atoms with Crippen LogP contribution in [0.4, 0.5) is 5.82 Å². The Morgan fingerprint density at radius 1 is 1.53 bits per heavy atom. The normalized spacial score (nSPS) is 13.7. The van der Waals surface area contributed by atoms with Gasteiger partial charge < -0.3 is 10.3 Å². The summed E-state index contributed by atoms with van der Waals surface area (Å²) in [5.41, 5.74) is 5.65. The zero-order valence-corrected chi connectivity index (χ0v) is 9.47. The molecule has 0 aliphatic carbocycles. The molecule has 1 aromatic heterocycles. The molecule has 8 heteroatoms. The Hall–Kier alpha value is -0.990. The van der Waals surface area contributed by atoms with Crippen molar-refractivity contribution < 1.29 is 17.2 Å². The van der Waals surface area contributed by atoms with E-state index >= 15 is 0 Å². The zero-order chi connectivity index (χ0) is 11.6. The van der Waals surface area contributed by atoms with Crippen molar-refractivity contribution in [2.45, 2.75) is 10.8 Å². The average molecular weight is 249 g/mol. The van der Waals surface area contributed by atoms with Crippen molar-refractivity contribution in [2.24, 2.45) is 0 Å². The molecule has 0 aliphatic rings. The first-order valence-corrected chi connectivity index (χ1v) is 6.95. The van der Waals surface area contributed by atoms with Crippen LogP contribution in [-0.2, 0) is 26.7 Å². The molecule has 84 valence electrons. The number of hydrogen-bond donors (Lipinski definition) is 1. The van der Waals surface area contributed by atoms with Gasteiger partial charge in [-0.1, -0.05) is 0 Å². The molecule has 0 saturated heterocycles. The minimum absolute atomic E-state index is 0.0182. The lowest BCUT2D eigenvalue weighted by molar-refractivity contribution is 0.533. The Kier molecular flexibility index (Phi) is 3.42. The number of nitrogens with zero attached hydrogens (tertiary/aromatic N) is 1. The molecule has 1 aromatic rings. The highest BCUT2D eigenvalue weighted by molar-refractivity contribution is 7.89. The van der Waals surface area contributed by atoms with Crippen LogP contribution in [0.5, 0.6) is 0 Å². The fourth-order valence-corrected chi connectivity index (χ4v) is 2.25. The monoisotopic (exact) mass is 249 g/mol. The number of anilines is 1. The lowest BCUT2D eigenvalue weighted by atomic mass is 10.3. The molecular formula is C7H9N2O4S2-. The van der Waals surface area contributed by atoms with Crippen molar-refractivity contribution in [3.8, 4) is 0 Å². The van der Waals surface area contributed by atoms with Gasteiger partial charge in [-0.2, -0.15) is 0 Å². The van der Waals surface area contributed by atoms with Crippen molar-refractivity contribution in [1.29, 1.82) is 0 Å². The fraction of sp³-hybridized carbons (Fsp3) is 0.286. The summed E-state index contributed by atoms with van der Waals surface area (Å²) in [4.78, 5) is 3.53. The highest BCUT2D eigenvalue weighted by atomic mass is 32.2. The SMILES string of the molecule is CS(=O)(=O)Cc1cc(N)nc(S(=O)[O-])c1. The van der Waals surface area contributed by atoms with Gasteiger partial charge in [0.15, 0.2) is 9.84 Å². The number of sulfone groups is 1. The minimum atomic E-state index is -3.22. The molecule has 0 amide bonds. The molecule has 1 atom stereocenters. The van der Waals surface area contributed by atoms with E-state index in [-0.39, 0.29) is 16.6 Å². The first-order chi connectivity index (χ1) is 6.78. The van der Waals surface area contributed by atoms with E-state index in [2.05, 4.69) is 4.98 Å². The van der Waals surface area contributed by atoms with Gasteiger partial charge in [-0.3, -0.25) is 4.21 Å². The molecule has 0 radical (unpaired) electrons. The molecule has 0 aromatic carbocycles. The van der Waals surface area contributed by atoms with E-state index < -0.39 is 20.9 Å². The quantitative estimate of drug-likeness (QED) is 0.719. The lowest BCUT2D eigenvalue weighted by Crippen LogP contribution is -2.05. The lowest BCUT2D eigenvalue weighted by Gasteiger charge is -2.07. The fourth-order valence-electron chi connectivity index (χ4n) is 1.05. The van der Waals surface area contributed by atoms with E-state index in [4.69, 9.17) is 5.73 Å². The zero-order valence-electron chi connectivity index (χ0n) is 7.84. The Balaban J connectivity index is 3.15. The van der Waals surface area contributed by atoms with Gasteiger partial charge in [0, 0.05) is 6.26 Å². The van der Waals surface area contributed by atoms with Gasteiger partial charge in [-0.25, -0.2) is 13.4 Å². The topological polar surface area (TPSA) is 113 Å². The van der Waals surface area contributed by atoms with Crippen molar-refractivity contribution in [3.63, 3.8) is 0 Å². The maximum atomic E-state index is 11.0. The van der Waals surface area contributed by atoms with E-state index in [9.17, 15) is 17.2 Å². The number of hydrogen-bond acceptors (Lipinski definition) is 6. The molecule has 0 bridgehead atoms. The Morgan fingerprint density at radius 3 is 2.60 bits per heavy atom. The van der Waals surface area contributed by atoms with Crippen LogP contribution in [0.1, 0.15) is 5.56 Å². The molecule has 1 heterocycles. The summed E-state index contributed by atoms with van der Waals surface area (Å²) in [7, 11) is -3.22. The summed E-state index contributed by atoms with van der Waals surface area (Å²) in [5, 5.41) is -0.256. The summed E-state index contributed by atoms with van der Waals surface area (Å²) in [5.74, 6) is -0.278. The van der Waals surface area contributed by atoms with Gasteiger partial charge >= 0.3 is 0 Å². The highest BCUT2D eigenvalue weighted by Crippen LogP contribution is 2.12. The molecule has 1 rings (SSSR count). The van der Waals surface area contributed by atoms with Gasteiger partial charge in [0.2, 0.25) is 0 Å². The maximum Gasteiger partial charge on any atom is 0.151 e. The van der Waals surface area contributed by atoms with Gasteiger partial charge in [0.05, 0.1) is 5.75 Å². The summed E-state index contributed by atoms with van der Waals surface area (Å²) >= 11 is -2.51. The molecule has 1 unspecified atom stereocenters. The van der Waals surface area contributed by atoms with E-state index in [1.54, 1.807) is 0 Å². The summed E-state index contributed by atoms with van der Waals surface area (Å²) in [6, 6.07) is 2.51. The predicted octanol–water partition coefficient (Wildman–Crippen LogP) is -0.554. The summed E-state index contributed by atoms with van der Waals surface area (Å²) < 4.78 is 43.2.